The summed E-state index contributed by atoms with van der Waals surface area (Å²) in [5.74, 6) is -0.983. The highest BCUT2D eigenvalue weighted by molar-refractivity contribution is 5.75. The van der Waals surface area contributed by atoms with Gasteiger partial charge in [-0.3, -0.25) is 14.5 Å². The van der Waals surface area contributed by atoms with E-state index in [1.54, 1.807) is 0 Å². The van der Waals surface area contributed by atoms with Crippen LogP contribution < -0.4 is 5.32 Å². The van der Waals surface area contributed by atoms with Crippen molar-refractivity contribution in [1.29, 1.82) is 0 Å². The van der Waals surface area contributed by atoms with Crippen LogP contribution in [-0.4, -0.2) is 52.9 Å². The van der Waals surface area contributed by atoms with Gasteiger partial charge in [-0.25, -0.2) is 0 Å². The van der Waals surface area contributed by atoms with E-state index in [9.17, 15) is 14.7 Å². The number of carboxylic acids is 1. The van der Waals surface area contributed by atoms with Crippen LogP contribution in [0.1, 0.15) is 104 Å². The number of carboxylic acid groups (broad SMARTS) is 1. The number of aliphatic hydroxyl groups is 1. The van der Waals surface area contributed by atoms with Gasteiger partial charge in [0.1, 0.15) is 6.23 Å². The molecule has 0 aromatic rings. The van der Waals surface area contributed by atoms with Crippen molar-refractivity contribution in [1.82, 2.24) is 10.2 Å². The van der Waals surface area contributed by atoms with Crippen LogP contribution in [0.2, 0.25) is 0 Å². The van der Waals surface area contributed by atoms with Gasteiger partial charge in [-0.05, 0) is 13.3 Å². The van der Waals surface area contributed by atoms with Gasteiger partial charge in [-0.2, -0.15) is 0 Å². The third-order valence-electron chi connectivity index (χ3n) is 5.10. The van der Waals surface area contributed by atoms with Crippen molar-refractivity contribution in [3.8, 4) is 0 Å². The Morgan fingerprint density at radius 2 is 1.32 bits per heavy atom. The summed E-state index contributed by atoms with van der Waals surface area (Å²) in [5.41, 5.74) is 0. The lowest BCUT2D eigenvalue weighted by Gasteiger charge is -2.23. The average Bonchev–Trinajstić information content (AvgIpc) is 2.64. The molecule has 0 rings (SSSR count). The second-order valence-corrected chi connectivity index (χ2v) is 7.84. The molecule has 0 saturated heterocycles. The molecule has 0 aromatic carbocycles. The summed E-state index contributed by atoms with van der Waals surface area (Å²) in [5, 5.41) is 21.1. The minimum absolute atomic E-state index is 0.00365. The lowest BCUT2D eigenvalue weighted by atomic mass is 10.0. The predicted octanol–water partition coefficient (Wildman–Crippen LogP) is 4.31. The summed E-state index contributed by atoms with van der Waals surface area (Å²) in [6.45, 7) is 4.23. The summed E-state index contributed by atoms with van der Waals surface area (Å²) in [6.07, 6.45) is 16.4. The Labute approximate surface area is 172 Å². The van der Waals surface area contributed by atoms with Crippen LogP contribution >= 0.6 is 0 Å². The summed E-state index contributed by atoms with van der Waals surface area (Å²) < 4.78 is 0. The number of aliphatic carboxylic acids is 1. The van der Waals surface area contributed by atoms with E-state index < -0.39 is 12.2 Å². The highest BCUT2D eigenvalue weighted by atomic mass is 16.4. The number of hydrogen-bond donors (Lipinski definition) is 3. The van der Waals surface area contributed by atoms with Crippen LogP contribution in [-0.2, 0) is 9.59 Å². The Bertz CT molecular complexity index is 389. The normalized spacial score (nSPS) is 12.3. The first-order valence-electron chi connectivity index (χ1n) is 11.4. The zero-order chi connectivity index (χ0) is 21.0. The Kier molecular flexibility index (Phi) is 18.4. The fourth-order valence-corrected chi connectivity index (χ4v) is 3.30. The number of hydrogen-bond acceptors (Lipinski definition) is 4. The van der Waals surface area contributed by atoms with Gasteiger partial charge in [0.15, 0.2) is 0 Å². The van der Waals surface area contributed by atoms with Crippen LogP contribution in [0.5, 0.6) is 0 Å². The number of carbonyl (C=O) groups excluding carboxylic acids is 1. The predicted molar refractivity (Wildman–Crippen MR) is 114 cm³/mol. The molecular weight excluding hydrogens is 356 g/mol. The van der Waals surface area contributed by atoms with Crippen LogP contribution in [0.25, 0.3) is 0 Å². The monoisotopic (exact) mass is 400 g/mol. The molecule has 0 heterocycles. The largest absolute Gasteiger partial charge is 0.480 e. The smallest absolute Gasteiger partial charge is 0.317 e. The molecule has 1 atom stereocenters. The first kappa shape index (κ1) is 26.9. The molecule has 0 fully saturated rings. The molecule has 6 nitrogen and oxygen atoms in total. The second kappa shape index (κ2) is 19.2. The third-order valence-corrected chi connectivity index (χ3v) is 5.10. The SMILES string of the molecule is CCCCCCCCCCCCCCCC(=O)NCCN(CC(=O)O)C(C)O. The third kappa shape index (κ3) is 18.2. The van der Waals surface area contributed by atoms with Crippen LogP contribution in [0, 0.1) is 0 Å². The minimum Gasteiger partial charge on any atom is -0.480 e. The van der Waals surface area contributed by atoms with Crippen LogP contribution in [0.3, 0.4) is 0 Å². The fourth-order valence-electron chi connectivity index (χ4n) is 3.30. The molecule has 0 saturated carbocycles. The topological polar surface area (TPSA) is 89.9 Å². The van der Waals surface area contributed by atoms with Gasteiger partial charge < -0.3 is 15.5 Å². The molecule has 1 unspecified atom stereocenters. The zero-order valence-corrected chi connectivity index (χ0v) is 18.3. The molecule has 3 N–H and O–H groups in total. The van der Waals surface area contributed by atoms with E-state index in [2.05, 4.69) is 12.2 Å². The maximum absolute atomic E-state index is 11.8. The molecular formula is C22H44N2O4. The minimum atomic E-state index is -0.987. The number of unbranched alkanes of at least 4 members (excludes halogenated alkanes) is 12. The molecule has 0 aliphatic carbocycles. The van der Waals surface area contributed by atoms with Crippen molar-refractivity contribution in [2.75, 3.05) is 19.6 Å². The Morgan fingerprint density at radius 1 is 0.857 bits per heavy atom. The number of aliphatic hydroxyl groups excluding tert-OH is 1. The lowest BCUT2D eigenvalue weighted by molar-refractivity contribution is -0.141. The van der Waals surface area contributed by atoms with Gasteiger partial charge in [0.05, 0.1) is 6.54 Å². The Balaban J connectivity index is 3.42. The number of carbonyl (C=O) groups is 2. The summed E-state index contributed by atoms with van der Waals surface area (Å²) >= 11 is 0. The van der Waals surface area contributed by atoms with Crippen molar-refractivity contribution in [3.63, 3.8) is 0 Å². The van der Waals surface area contributed by atoms with Gasteiger partial charge >= 0.3 is 5.97 Å². The van der Waals surface area contributed by atoms with Crippen LogP contribution in [0.15, 0.2) is 0 Å². The number of amides is 1. The second-order valence-electron chi connectivity index (χ2n) is 7.84. The van der Waals surface area contributed by atoms with Crippen molar-refractivity contribution in [2.45, 2.75) is 110 Å². The quantitative estimate of drug-likeness (QED) is 0.209. The molecule has 6 heteroatoms. The van der Waals surface area contributed by atoms with E-state index >= 15 is 0 Å². The van der Waals surface area contributed by atoms with Gasteiger partial charge in [-0.1, -0.05) is 84.0 Å². The average molecular weight is 401 g/mol. The van der Waals surface area contributed by atoms with Crippen molar-refractivity contribution in [3.05, 3.63) is 0 Å². The van der Waals surface area contributed by atoms with E-state index in [0.29, 0.717) is 19.5 Å². The number of nitrogens with zero attached hydrogens (tertiary/aromatic N) is 1. The zero-order valence-electron chi connectivity index (χ0n) is 18.3. The lowest BCUT2D eigenvalue weighted by Crippen LogP contribution is -2.42. The molecule has 1 amide bonds. The maximum atomic E-state index is 11.8. The molecule has 0 aliphatic rings. The highest BCUT2D eigenvalue weighted by Gasteiger charge is 2.14. The molecule has 0 aliphatic heterocycles. The summed E-state index contributed by atoms with van der Waals surface area (Å²) in [7, 11) is 0. The molecule has 28 heavy (non-hydrogen) atoms. The van der Waals surface area contributed by atoms with E-state index in [4.69, 9.17) is 5.11 Å². The molecule has 166 valence electrons. The Hall–Kier alpha value is -1.14. The van der Waals surface area contributed by atoms with E-state index in [-0.39, 0.29) is 12.5 Å². The fraction of sp³-hybridized carbons (Fsp3) is 0.909. The van der Waals surface area contributed by atoms with E-state index in [0.717, 1.165) is 12.8 Å². The first-order chi connectivity index (χ1) is 13.5. The van der Waals surface area contributed by atoms with Gasteiger partial charge in [-0.15, -0.1) is 0 Å². The van der Waals surface area contributed by atoms with Crippen molar-refractivity contribution in [2.24, 2.45) is 0 Å². The van der Waals surface area contributed by atoms with E-state index in [1.807, 2.05) is 0 Å². The highest BCUT2D eigenvalue weighted by Crippen LogP contribution is 2.12. The first-order valence-corrected chi connectivity index (χ1v) is 11.4. The summed E-state index contributed by atoms with van der Waals surface area (Å²) in [6, 6.07) is 0. The number of rotatable bonds is 20. The molecule has 0 bridgehead atoms. The van der Waals surface area contributed by atoms with Crippen molar-refractivity contribution >= 4 is 11.9 Å². The number of nitrogens with one attached hydrogen (secondary N) is 1. The van der Waals surface area contributed by atoms with E-state index in [1.165, 1.54) is 82.5 Å². The maximum Gasteiger partial charge on any atom is 0.317 e. The molecule has 0 aromatic heterocycles. The van der Waals surface area contributed by atoms with Crippen LogP contribution in [0.4, 0.5) is 0 Å². The summed E-state index contributed by atoms with van der Waals surface area (Å²) in [4.78, 5) is 23.9. The molecule has 0 spiro atoms. The molecule has 0 radical (unpaired) electrons. The van der Waals surface area contributed by atoms with Gasteiger partial charge in [0.2, 0.25) is 5.91 Å². The standard InChI is InChI=1S/C22H44N2O4/c1-3-4-5-6-7-8-9-10-11-12-13-14-15-16-21(26)23-17-18-24(20(2)25)19-22(27)28/h20,25H,3-19H2,1-2H3,(H,23,26)(H,27,28). The van der Waals surface area contributed by atoms with Crippen molar-refractivity contribution < 1.29 is 19.8 Å². The Morgan fingerprint density at radius 3 is 1.75 bits per heavy atom. The van der Waals surface area contributed by atoms with Gasteiger partial charge in [0.25, 0.3) is 0 Å². The van der Waals surface area contributed by atoms with Gasteiger partial charge in [0, 0.05) is 19.5 Å².